The summed E-state index contributed by atoms with van der Waals surface area (Å²) in [6.45, 7) is 7.06. The molecular weight excluding hydrogens is 329 g/mol. The minimum atomic E-state index is -0.190. The number of halogens is 2. The van der Waals surface area contributed by atoms with Crippen molar-refractivity contribution in [1.29, 1.82) is 0 Å². The van der Waals surface area contributed by atoms with Crippen molar-refractivity contribution in [1.82, 2.24) is 5.32 Å². The number of rotatable bonds is 3. The van der Waals surface area contributed by atoms with Gasteiger partial charge in [0.2, 0.25) is 0 Å². The van der Waals surface area contributed by atoms with E-state index in [2.05, 4.69) is 42.0 Å². The van der Waals surface area contributed by atoms with Crippen LogP contribution in [-0.4, -0.2) is 7.05 Å². The summed E-state index contributed by atoms with van der Waals surface area (Å²) < 4.78 is 14.0. The Bertz CT molecular complexity index is 473. The first-order valence-electron chi connectivity index (χ1n) is 7.95. The molecule has 1 aliphatic rings. The topological polar surface area (TPSA) is 12.0 Å². The zero-order valence-electron chi connectivity index (χ0n) is 13.5. The Kier molecular flexibility index (Phi) is 5.48. The molecule has 1 aromatic rings. The highest BCUT2D eigenvalue weighted by Gasteiger charge is 2.33. The van der Waals surface area contributed by atoms with Gasteiger partial charge in [-0.1, -0.05) is 26.8 Å². The molecule has 118 valence electrons. The van der Waals surface area contributed by atoms with E-state index in [9.17, 15) is 4.39 Å². The monoisotopic (exact) mass is 355 g/mol. The highest BCUT2D eigenvalue weighted by atomic mass is 79.9. The molecule has 21 heavy (non-hydrogen) atoms. The van der Waals surface area contributed by atoms with Crippen molar-refractivity contribution in [2.24, 2.45) is 17.3 Å². The fourth-order valence-electron chi connectivity index (χ4n) is 3.70. The van der Waals surface area contributed by atoms with Crippen LogP contribution >= 0.6 is 15.9 Å². The maximum atomic E-state index is 13.4. The van der Waals surface area contributed by atoms with Crippen LogP contribution in [0, 0.1) is 23.1 Å². The van der Waals surface area contributed by atoms with Crippen LogP contribution in [0.3, 0.4) is 0 Å². The van der Waals surface area contributed by atoms with Gasteiger partial charge in [-0.05, 0) is 83.6 Å². The maximum Gasteiger partial charge on any atom is 0.137 e. The zero-order chi connectivity index (χ0) is 15.6. The zero-order valence-corrected chi connectivity index (χ0v) is 15.1. The minimum Gasteiger partial charge on any atom is -0.313 e. The average molecular weight is 356 g/mol. The number of benzene rings is 1. The third kappa shape index (κ3) is 4.07. The second-order valence-electron chi connectivity index (χ2n) is 7.42. The molecule has 0 aliphatic heterocycles. The lowest BCUT2D eigenvalue weighted by atomic mass is 9.68. The molecule has 1 nitrogen and oxygen atoms in total. The number of nitrogens with one attached hydrogen (secondary N) is 1. The van der Waals surface area contributed by atoms with Crippen molar-refractivity contribution >= 4 is 15.9 Å². The Hall–Kier alpha value is -0.410. The quantitative estimate of drug-likeness (QED) is 0.732. The highest BCUT2D eigenvalue weighted by Crippen LogP contribution is 2.43. The lowest BCUT2D eigenvalue weighted by Crippen LogP contribution is -2.32. The van der Waals surface area contributed by atoms with Crippen LogP contribution in [0.4, 0.5) is 4.39 Å². The first-order chi connectivity index (χ1) is 9.82. The van der Waals surface area contributed by atoms with Crippen LogP contribution in [0.15, 0.2) is 22.7 Å². The summed E-state index contributed by atoms with van der Waals surface area (Å²) in [6, 6.07) is 5.72. The van der Waals surface area contributed by atoms with Crippen molar-refractivity contribution in [3.63, 3.8) is 0 Å². The van der Waals surface area contributed by atoms with Crippen molar-refractivity contribution < 1.29 is 4.39 Å². The summed E-state index contributed by atoms with van der Waals surface area (Å²) in [6.07, 6.45) is 5.11. The molecule has 0 bridgehead atoms. The highest BCUT2D eigenvalue weighted by molar-refractivity contribution is 9.10. The van der Waals surface area contributed by atoms with Gasteiger partial charge in [0.15, 0.2) is 0 Å². The second-order valence-corrected chi connectivity index (χ2v) is 8.27. The third-order valence-corrected chi connectivity index (χ3v) is 5.69. The summed E-state index contributed by atoms with van der Waals surface area (Å²) in [7, 11) is 2.01. The fraction of sp³-hybridized carbons (Fsp3) is 0.667. The molecule has 3 heteroatoms. The molecule has 1 aliphatic carbocycles. The third-order valence-electron chi connectivity index (χ3n) is 5.08. The summed E-state index contributed by atoms with van der Waals surface area (Å²) in [5.41, 5.74) is 1.60. The van der Waals surface area contributed by atoms with Gasteiger partial charge in [-0.3, -0.25) is 0 Å². The van der Waals surface area contributed by atoms with E-state index in [1.807, 2.05) is 19.2 Å². The largest absolute Gasteiger partial charge is 0.313 e. The van der Waals surface area contributed by atoms with Crippen LogP contribution in [0.5, 0.6) is 0 Å². The summed E-state index contributed by atoms with van der Waals surface area (Å²) in [5.74, 6) is 1.28. The molecule has 1 N–H and O–H groups in total. The van der Waals surface area contributed by atoms with Crippen LogP contribution in [0.2, 0.25) is 0 Å². The Morgan fingerprint density at radius 2 is 1.81 bits per heavy atom. The smallest absolute Gasteiger partial charge is 0.137 e. The molecule has 1 fully saturated rings. The molecular formula is C18H27BrFN. The summed E-state index contributed by atoms with van der Waals surface area (Å²) in [4.78, 5) is 0. The molecule has 1 aromatic carbocycles. The SMILES string of the molecule is CNC(c1ccc(F)c(Br)c1)C1CCC(C(C)(C)C)CC1. The standard InChI is InChI=1S/C18H27BrFN/c1-18(2,3)14-8-5-12(6-9-14)17(21-4)13-7-10-16(20)15(19)11-13/h7,10-12,14,17,21H,5-6,8-9H2,1-4H3. The van der Waals surface area contributed by atoms with Crippen LogP contribution in [-0.2, 0) is 0 Å². The molecule has 0 aromatic heterocycles. The van der Waals surface area contributed by atoms with E-state index in [1.165, 1.54) is 31.2 Å². The number of hydrogen-bond donors (Lipinski definition) is 1. The van der Waals surface area contributed by atoms with E-state index >= 15 is 0 Å². The second kappa shape index (κ2) is 6.78. The molecule has 1 unspecified atom stereocenters. The Balaban J connectivity index is 2.07. The van der Waals surface area contributed by atoms with Gasteiger partial charge in [-0.25, -0.2) is 4.39 Å². The van der Waals surface area contributed by atoms with Crippen molar-refractivity contribution in [2.45, 2.75) is 52.5 Å². The molecule has 0 radical (unpaired) electrons. The van der Waals surface area contributed by atoms with E-state index in [0.717, 1.165) is 5.92 Å². The van der Waals surface area contributed by atoms with Gasteiger partial charge in [0.25, 0.3) is 0 Å². The predicted molar refractivity (Wildman–Crippen MR) is 90.8 cm³/mol. The Labute approximate surface area is 136 Å². The molecule has 0 heterocycles. The van der Waals surface area contributed by atoms with Gasteiger partial charge in [0.1, 0.15) is 5.82 Å². The van der Waals surface area contributed by atoms with Crippen molar-refractivity contribution in [3.05, 3.63) is 34.1 Å². The lowest BCUT2D eigenvalue weighted by molar-refractivity contribution is 0.134. The molecule has 0 spiro atoms. The first kappa shape index (κ1) is 17.0. The normalized spacial score (nSPS) is 24.9. The predicted octanol–water partition coefficient (Wildman–Crippen LogP) is 5.70. The molecule has 0 saturated heterocycles. The molecule has 2 rings (SSSR count). The van der Waals surface area contributed by atoms with E-state index in [0.29, 0.717) is 21.8 Å². The lowest BCUT2D eigenvalue weighted by Gasteiger charge is -2.39. The summed E-state index contributed by atoms with van der Waals surface area (Å²) in [5, 5.41) is 3.45. The van der Waals surface area contributed by atoms with Gasteiger partial charge in [0.05, 0.1) is 4.47 Å². The van der Waals surface area contributed by atoms with Gasteiger partial charge >= 0.3 is 0 Å². The molecule has 1 saturated carbocycles. The van der Waals surface area contributed by atoms with E-state index in [-0.39, 0.29) is 5.82 Å². The van der Waals surface area contributed by atoms with Crippen molar-refractivity contribution in [3.8, 4) is 0 Å². The van der Waals surface area contributed by atoms with Crippen molar-refractivity contribution in [2.75, 3.05) is 7.05 Å². The van der Waals surface area contributed by atoms with Gasteiger partial charge < -0.3 is 5.32 Å². The van der Waals surface area contributed by atoms with Crippen LogP contribution in [0.25, 0.3) is 0 Å². The minimum absolute atomic E-state index is 0.190. The van der Waals surface area contributed by atoms with Crippen LogP contribution < -0.4 is 5.32 Å². The van der Waals surface area contributed by atoms with E-state index in [1.54, 1.807) is 6.07 Å². The van der Waals surface area contributed by atoms with Gasteiger partial charge in [-0.15, -0.1) is 0 Å². The fourth-order valence-corrected chi connectivity index (χ4v) is 4.10. The average Bonchev–Trinajstić information content (AvgIpc) is 2.43. The maximum absolute atomic E-state index is 13.4. The summed E-state index contributed by atoms with van der Waals surface area (Å²) >= 11 is 3.30. The van der Waals surface area contributed by atoms with E-state index in [4.69, 9.17) is 0 Å². The van der Waals surface area contributed by atoms with E-state index < -0.39 is 0 Å². The van der Waals surface area contributed by atoms with Gasteiger partial charge in [-0.2, -0.15) is 0 Å². The number of hydrogen-bond acceptors (Lipinski definition) is 1. The molecule has 1 atom stereocenters. The Morgan fingerprint density at radius 3 is 2.29 bits per heavy atom. The molecule has 0 amide bonds. The Morgan fingerprint density at radius 1 is 1.19 bits per heavy atom. The van der Waals surface area contributed by atoms with Gasteiger partial charge in [0, 0.05) is 6.04 Å². The van der Waals surface area contributed by atoms with Crippen LogP contribution in [0.1, 0.15) is 58.1 Å². The first-order valence-corrected chi connectivity index (χ1v) is 8.74.